The Morgan fingerprint density at radius 1 is 1.38 bits per heavy atom. The van der Waals surface area contributed by atoms with Crippen LogP contribution >= 0.6 is 0 Å². The van der Waals surface area contributed by atoms with E-state index >= 15 is 0 Å². The van der Waals surface area contributed by atoms with Crippen LogP contribution in [0.5, 0.6) is 0 Å². The molecule has 4 atom stereocenters. The van der Waals surface area contributed by atoms with E-state index in [0.29, 0.717) is 24.3 Å². The minimum absolute atomic E-state index is 0.0303. The molecular weight excluding hydrogens is 410 g/mol. The lowest BCUT2D eigenvalue weighted by atomic mass is 9.68. The van der Waals surface area contributed by atoms with E-state index in [1.165, 1.54) is 6.21 Å². The van der Waals surface area contributed by atoms with E-state index in [2.05, 4.69) is 13.8 Å². The van der Waals surface area contributed by atoms with Crippen molar-refractivity contribution in [2.45, 2.75) is 71.3 Å². The largest absolute Gasteiger partial charge is 0.396 e. The molecule has 0 aromatic carbocycles. The number of aliphatic hydroxyl groups is 1. The first-order chi connectivity index (χ1) is 15.0. The number of aliphatic imine (C=N–C) groups is 1. The highest BCUT2D eigenvalue weighted by molar-refractivity contribution is 6.14. The van der Waals surface area contributed by atoms with Gasteiger partial charge in [-0.3, -0.25) is 10.4 Å². The van der Waals surface area contributed by atoms with Gasteiger partial charge in [-0.05, 0) is 50.0 Å². The number of nitrogens with zero attached hydrogens (tertiary/aromatic N) is 1. The molecule has 5 N–H and O–H groups in total. The van der Waals surface area contributed by atoms with E-state index in [9.17, 15) is 13.9 Å². The van der Waals surface area contributed by atoms with E-state index in [1.54, 1.807) is 12.2 Å². The summed E-state index contributed by atoms with van der Waals surface area (Å²) in [6, 6.07) is -0.169. The zero-order chi connectivity index (χ0) is 23.7. The van der Waals surface area contributed by atoms with E-state index < -0.39 is 11.3 Å². The standard InChI is InChI=1S/C25H36F2N4O/c1-15(2)12-25(14-32)18(9-11-21(25)29)20-10-8-19(24(3,26)27)23(31-20)22(30)17-7-5-4-6-16(17)13-28/h4-5,7,13,15-16,18,21,28,30,32H,6,8-12,14,29H2,1-3H3/t16?,18-,21?,25+/m1/s1. The second kappa shape index (κ2) is 9.48. The molecule has 1 saturated carbocycles. The molecule has 32 heavy (non-hydrogen) atoms. The second-order valence-corrected chi connectivity index (χ2v) is 9.98. The van der Waals surface area contributed by atoms with Crippen molar-refractivity contribution < 1.29 is 13.9 Å². The molecule has 3 rings (SSSR count). The molecule has 0 spiro atoms. The zero-order valence-electron chi connectivity index (χ0n) is 19.3. The van der Waals surface area contributed by atoms with Gasteiger partial charge in [0, 0.05) is 47.7 Å². The van der Waals surface area contributed by atoms with E-state index in [-0.39, 0.29) is 47.9 Å². The lowest BCUT2D eigenvalue weighted by molar-refractivity contribution is 0.0575. The molecule has 1 heterocycles. The molecule has 176 valence electrons. The molecule has 3 aliphatic rings. The number of alkyl halides is 2. The van der Waals surface area contributed by atoms with Gasteiger partial charge in [0.2, 0.25) is 0 Å². The maximum atomic E-state index is 14.6. The van der Waals surface area contributed by atoms with E-state index in [1.807, 2.05) is 6.08 Å². The monoisotopic (exact) mass is 446 g/mol. The van der Waals surface area contributed by atoms with Crippen molar-refractivity contribution in [3.8, 4) is 0 Å². The van der Waals surface area contributed by atoms with Gasteiger partial charge in [-0.1, -0.05) is 32.1 Å². The minimum atomic E-state index is -3.08. The van der Waals surface area contributed by atoms with Gasteiger partial charge in [0.1, 0.15) is 0 Å². The van der Waals surface area contributed by atoms with Crippen LogP contribution < -0.4 is 5.73 Å². The highest BCUT2D eigenvalue weighted by atomic mass is 19.3. The summed E-state index contributed by atoms with van der Waals surface area (Å²) in [5.74, 6) is -3.16. The summed E-state index contributed by atoms with van der Waals surface area (Å²) in [6.45, 7) is 5.00. The molecule has 0 aromatic rings. The molecule has 5 nitrogen and oxygen atoms in total. The first-order valence-corrected chi connectivity index (χ1v) is 11.6. The molecule has 0 saturated heterocycles. The maximum absolute atomic E-state index is 14.6. The Hall–Kier alpha value is -1.99. The summed E-state index contributed by atoms with van der Waals surface area (Å²) < 4.78 is 29.1. The fourth-order valence-electron chi connectivity index (χ4n) is 5.76. The van der Waals surface area contributed by atoms with Gasteiger partial charge >= 0.3 is 0 Å². The molecule has 0 radical (unpaired) electrons. The van der Waals surface area contributed by atoms with Gasteiger partial charge in [0.25, 0.3) is 5.92 Å². The summed E-state index contributed by atoms with van der Waals surface area (Å²) in [6.07, 6.45) is 10.1. The Balaban J connectivity index is 2.08. The van der Waals surface area contributed by atoms with Crippen molar-refractivity contribution in [2.75, 3.05) is 6.61 Å². The van der Waals surface area contributed by atoms with Gasteiger partial charge in [-0.15, -0.1) is 0 Å². The summed E-state index contributed by atoms with van der Waals surface area (Å²) in [5, 5.41) is 26.9. The minimum Gasteiger partial charge on any atom is -0.396 e. The Kier molecular flexibility index (Phi) is 7.30. The number of rotatable bonds is 8. The summed E-state index contributed by atoms with van der Waals surface area (Å²) in [7, 11) is 0. The van der Waals surface area contributed by atoms with Crippen LogP contribution in [0.15, 0.2) is 40.1 Å². The van der Waals surface area contributed by atoms with Crippen molar-refractivity contribution in [1.29, 1.82) is 10.8 Å². The first-order valence-electron chi connectivity index (χ1n) is 11.6. The highest BCUT2D eigenvalue weighted by Gasteiger charge is 2.51. The van der Waals surface area contributed by atoms with Crippen molar-refractivity contribution in [3.05, 3.63) is 35.1 Å². The van der Waals surface area contributed by atoms with E-state index in [0.717, 1.165) is 31.9 Å². The molecule has 1 aliphatic heterocycles. The normalized spacial score (nSPS) is 31.1. The smallest absolute Gasteiger partial charge is 0.269 e. The fourth-order valence-corrected chi connectivity index (χ4v) is 5.76. The average molecular weight is 447 g/mol. The number of halogens is 2. The summed E-state index contributed by atoms with van der Waals surface area (Å²) >= 11 is 0. The predicted octanol–water partition coefficient (Wildman–Crippen LogP) is 5.06. The Morgan fingerprint density at radius 2 is 2.09 bits per heavy atom. The molecule has 0 bridgehead atoms. The molecule has 2 aliphatic carbocycles. The molecule has 7 heteroatoms. The number of nitrogens with two attached hydrogens (primary N) is 1. The van der Waals surface area contributed by atoms with Crippen molar-refractivity contribution in [2.24, 2.45) is 33.9 Å². The molecule has 0 amide bonds. The van der Waals surface area contributed by atoms with Crippen LogP contribution in [0.3, 0.4) is 0 Å². The topological polar surface area (TPSA) is 106 Å². The van der Waals surface area contributed by atoms with Crippen LogP contribution in [0, 0.1) is 34.0 Å². The van der Waals surface area contributed by atoms with Crippen LogP contribution in [0.1, 0.15) is 59.3 Å². The number of hydrogen-bond donors (Lipinski definition) is 4. The summed E-state index contributed by atoms with van der Waals surface area (Å²) in [4.78, 5) is 4.73. The van der Waals surface area contributed by atoms with Crippen molar-refractivity contribution >= 4 is 17.6 Å². The third-order valence-electron chi connectivity index (χ3n) is 7.31. The maximum Gasteiger partial charge on any atom is 0.269 e. The molecular formula is C25H36F2N4O. The van der Waals surface area contributed by atoms with Crippen LogP contribution in [-0.4, -0.2) is 41.3 Å². The van der Waals surface area contributed by atoms with Gasteiger partial charge in [-0.2, -0.15) is 0 Å². The summed E-state index contributed by atoms with van der Waals surface area (Å²) in [5.41, 5.74) is 7.17. The zero-order valence-corrected chi connectivity index (χ0v) is 19.3. The van der Waals surface area contributed by atoms with Gasteiger partial charge in [-0.25, -0.2) is 8.78 Å². The predicted molar refractivity (Wildman–Crippen MR) is 126 cm³/mol. The van der Waals surface area contributed by atoms with Gasteiger partial charge < -0.3 is 16.2 Å². The third-order valence-corrected chi connectivity index (χ3v) is 7.31. The number of aliphatic hydroxyl groups excluding tert-OH is 1. The Morgan fingerprint density at radius 3 is 2.69 bits per heavy atom. The van der Waals surface area contributed by atoms with Gasteiger partial charge in [0.05, 0.1) is 18.0 Å². The first kappa shape index (κ1) is 24.6. The third kappa shape index (κ3) is 4.55. The van der Waals surface area contributed by atoms with Crippen LogP contribution in [0.4, 0.5) is 8.78 Å². The lowest BCUT2D eigenvalue weighted by Crippen LogP contribution is -2.47. The number of nitrogens with one attached hydrogen (secondary N) is 2. The SMILES string of the molecule is CC(C)C[C@@]1(CO)C(N)CC[C@@H]1C1=NC(C(=N)C2=CC=CCC2C=N)=C(C(C)(F)F)CC1. The van der Waals surface area contributed by atoms with Crippen LogP contribution in [-0.2, 0) is 0 Å². The fraction of sp³-hybridized carbons (Fsp3) is 0.640. The molecule has 1 fully saturated rings. The molecule has 2 unspecified atom stereocenters. The molecule has 0 aromatic heterocycles. The highest BCUT2D eigenvalue weighted by Crippen LogP contribution is 2.49. The number of hydrogen-bond acceptors (Lipinski definition) is 5. The van der Waals surface area contributed by atoms with E-state index in [4.69, 9.17) is 21.5 Å². The van der Waals surface area contributed by atoms with Crippen molar-refractivity contribution in [3.63, 3.8) is 0 Å². The Labute approximate surface area is 189 Å². The quantitative estimate of drug-likeness (QED) is 0.391. The average Bonchev–Trinajstić information content (AvgIpc) is 3.07. The van der Waals surface area contributed by atoms with Crippen molar-refractivity contribution in [1.82, 2.24) is 0 Å². The van der Waals surface area contributed by atoms with Gasteiger partial charge in [0.15, 0.2) is 0 Å². The lowest BCUT2D eigenvalue weighted by Gasteiger charge is -2.40. The number of allylic oxidation sites excluding steroid dienone is 5. The van der Waals surface area contributed by atoms with Crippen LogP contribution in [0.25, 0.3) is 0 Å². The Bertz CT molecular complexity index is 881. The van der Waals surface area contributed by atoms with Crippen LogP contribution in [0.2, 0.25) is 0 Å². The second-order valence-electron chi connectivity index (χ2n) is 9.98.